The maximum absolute atomic E-state index is 11.0. The maximum atomic E-state index is 11.0. The number of para-hydroxylation sites is 1. The van der Waals surface area contributed by atoms with Crippen LogP contribution in [0.2, 0.25) is 5.02 Å². The molecule has 0 N–H and O–H groups in total. The van der Waals surface area contributed by atoms with Crippen molar-refractivity contribution >= 4 is 51.6 Å². The minimum absolute atomic E-state index is 0.0211. The van der Waals surface area contributed by atoms with Gasteiger partial charge in [-0.3, -0.25) is 4.21 Å². The predicted molar refractivity (Wildman–Crippen MR) is 121 cm³/mol. The van der Waals surface area contributed by atoms with Crippen LogP contribution in [-0.4, -0.2) is 14.1 Å². The van der Waals surface area contributed by atoms with E-state index in [1.165, 1.54) is 0 Å². The van der Waals surface area contributed by atoms with E-state index in [2.05, 4.69) is 0 Å². The van der Waals surface area contributed by atoms with Gasteiger partial charge in [-0.2, -0.15) is 0 Å². The lowest BCUT2D eigenvalue weighted by Gasteiger charge is -2.29. The van der Waals surface area contributed by atoms with Gasteiger partial charge >= 0.3 is 0 Å². The molecule has 2 atom stereocenters. The largest absolute Gasteiger partial charge is 0.772 e. The number of rotatable bonds is 5. The molecule has 3 aromatic rings. The number of allylic oxidation sites excluding steroid dienone is 1. The molecule has 0 radical (unpaired) electrons. The summed E-state index contributed by atoms with van der Waals surface area (Å²) in [5.74, 6) is 1.28. The molecule has 29 heavy (non-hydrogen) atoms. The summed E-state index contributed by atoms with van der Waals surface area (Å²) in [6, 6.07) is 22.8. The summed E-state index contributed by atoms with van der Waals surface area (Å²) >= 11 is 9.54. The molecule has 4 rings (SSSR count). The van der Waals surface area contributed by atoms with Crippen LogP contribution in [0.25, 0.3) is 11.3 Å². The average molecular weight is 440 g/mol. The normalized spacial score (nSPS) is 16.7. The Kier molecular flexibility index (Phi) is 5.92. The first-order valence-corrected chi connectivity index (χ1v) is 11.0. The van der Waals surface area contributed by atoms with Crippen LogP contribution in [0.4, 0.5) is 0 Å². The van der Waals surface area contributed by atoms with Crippen molar-refractivity contribution in [1.29, 1.82) is 0 Å². The molecule has 0 aromatic heterocycles. The Hall–Kier alpha value is -2.31. The quantitative estimate of drug-likeness (QED) is 0.374. The SMILES string of the molecule is O=S([O-])Cc1ccc(C2=C(c3cccc(Cl)c3)C(C=S)c3ccccc3O2)cc1. The number of halogens is 1. The zero-order valence-electron chi connectivity index (χ0n) is 15.2. The Bertz CT molecular complexity index is 1120. The Labute approximate surface area is 182 Å². The number of ether oxygens (including phenoxy) is 1. The summed E-state index contributed by atoms with van der Waals surface area (Å²) in [5.41, 5.74) is 4.42. The topological polar surface area (TPSA) is 49.4 Å². The Morgan fingerprint density at radius 2 is 1.79 bits per heavy atom. The second-order valence-electron chi connectivity index (χ2n) is 6.65. The van der Waals surface area contributed by atoms with Gasteiger partial charge in [0.2, 0.25) is 0 Å². The minimum atomic E-state index is -2.13. The van der Waals surface area contributed by atoms with E-state index >= 15 is 0 Å². The van der Waals surface area contributed by atoms with E-state index in [0.717, 1.165) is 33.6 Å². The first-order chi connectivity index (χ1) is 14.1. The van der Waals surface area contributed by atoms with E-state index in [4.69, 9.17) is 28.6 Å². The fourth-order valence-corrected chi connectivity index (χ4v) is 4.44. The minimum Gasteiger partial charge on any atom is -0.772 e. The van der Waals surface area contributed by atoms with Crippen molar-refractivity contribution in [3.05, 3.63) is 100 Å². The second kappa shape index (κ2) is 8.59. The molecule has 0 bridgehead atoms. The third kappa shape index (κ3) is 4.19. The Balaban J connectivity index is 1.90. The summed E-state index contributed by atoms with van der Waals surface area (Å²) in [6.45, 7) is 0. The average Bonchev–Trinajstić information content (AvgIpc) is 2.72. The van der Waals surface area contributed by atoms with E-state index in [0.29, 0.717) is 10.8 Å². The van der Waals surface area contributed by atoms with Gasteiger partial charge in [-0.05, 0) is 34.7 Å². The van der Waals surface area contributed by atoms with Gasteiger partial charge in [-0.1, -0.05) is 89.5 Å². The third-order valence-corrected chi connectivity index (χ3v) is 5.87. The van der Waals surface area contributed by atoms with Crippen LogP contribution in [0.3, 0.4) is 0 Å². The highest BCUT2D eigenvalue weighted by Gasteiger charge is 2.30. The fourth-order valence-electron chi connectivity index (χ4n) is 3.50. The molecule has 6 heteroatoms. The van der Waals surface area contributed by atoms with Gasteiger partial charge in [0.25, 0.3) is 0 Å². The van der Waals surface area contributed by atoms with Crippen molar-refractivity contribution < 1.29 is 13.5 Å². The molecule has 0 amide bonds. The van der Waals surface area contributed by atoms with E-state index in [9.17, 15) is 8.76 Å². The monoisotopic (exact) mass is 439 g/mol. The number of fused-ring (bicyclic) bond motifs is 1. The Morgan fingerprint density at radius 3 is 2.48 bits per heavy atom. The molecule has 1 aliphatic heterocycles. The lowest BCUT2D eigenvalue weighted by atomic mass is 9.83. The van der Waals surface area contributed by atoms with Gasteiger partial charge in [0, 0.05) is 33.4 Å². The molecule has 3 nitrogen and oxygen atoms in total. The van der Waals surface area contributed by atoms with Gasteiger partial charge in [-0.25, -0.2) is 0 Å². The van der Waals surface area contributed by atoms with E-state index in [1.54, 1.807) is 17.5 Å². The highest BCUT2D eigenvalue weighted by molar-refractivity contribution is 7.79. The Morgan fingerprint density at radius 1 is 1.03 bits per heavy atom. The maximum Gasteiger partial charge on any atom is 0.139 e. The van der Waals surface area contributed by atoms with E-state index in [-0.39, 0.29) is 11.7 Å². The summed E-state index contributed by atoms with van der Waals surface area (Å²) in [7, 11) is 0. The third-order valence-electron chi connectivity index (χ3n) is 4.79. The van der Waals surface area contributed by atoms with Crippen LogP contribution in [0, 0.1) is 0 Å². The van der Waals surface area contributed by atoms with Crippen LogP contribution < -0.4 is 4.74 Å². The zero-order chi connectivity index (χ0) is 20.4. The van der Waals surface area contributed by atoms with Crippen molar-refractivity contribution in [2.45, 2.75) is 11.7 Å². The van der Waals surface area contributed by atoms with Gasteiger partial charge in [0.15, 0.2) is 0 Å². The highest BCUT2D eigenvalue weighted by atomic mass is 35.5. The standard InChI is InChI=1S/C23H17ClO3S2/c24-18-5-3-4-17(12-18)22-20(13-28)19-6-1-2-7-21(19)27-23(22)16-10-8-15(9-11-16)14-29(25)26/h1-13,20H,14H2,(H,25,26)/p-1. The number of hydrogen-bond donors (Lipinski definition) is 0. The number of thiocarbonyl (C=S) groups is 1. The van der Waals surface area contributed by atoms with Crippen LogP contribution in [0.15, 0.2) is 72.8 Å². The molecule has 2 unspecified atom stereocenters. The van der Waals surface area contributed by atoms with Gasteiger partial charge < -0.3 is 9.29 Å². The molecular formula is C23H16ClO3S2-. The van der Waals surface area contributed by atoms with Crippen LogP contribution in [0.5, 0.6) is 5.75 Å². The molecule has 0 aliphatic carbocycles. The molecule has 0 saturated carbocycles. The lowest BCUT2D eigenvalue weighted by molar-refractivity contribution is 0.500. The predicted octanol–water partition coefficient (Wildman–Crippen LogP) is 5.76. The summed E-state index contributed by atoms with van der Waals surface area (Å²) in [5, 5.41) is 2.37. The van der Waals surface area contributed by atoms with Gasteiger partial charge in [-0.15, -0.1) is 0 Å². The van der Waals surface area contributed by atoms with E-state index in [1.807, 2.05) is 60.7 Å². The van der Waals surface area contributed by atoms with E-state index < -0.39 is 11.1 Å². The molecular weight excluding hydrogens is 424 g/mol. The molecule has 0 fully saturated rings. The first kappa shape index (κ1) is 20.0. The van der Waals surface area contributed by atoms with Crippen molar-refractivity contribution in [3.63, 3.8) is 0 Å². The van der Waals surface area contributed by atoms with Crippen molar-refractivity contribution in [3.8, 4) is 5.75 Å². The van der Waals surface area contributed by atoms with Crippen molar-refractivity contribution in [2.24, 2.45) is 0 Å². The smallest absolute Gasteiger partial charge is 0.139 e. The zero-order valence-corrected chi connectivity index (χ0v) is 17.6. The molecule has 146 valence electrons. The first-order valence-electron chi connectivity index (χ1n) is 8.94. The summed E-state index contributed by atoms with van der Waals surface area (Å²) < 4.78 is 28.3. The summed E-state index contributed by atoms with van der Waals surface area (Å²) in [6.07, 6.45) is 0. The molecule has 1 aliphatic rings. The fraction of sp³-hybridized carbons (Fsp3) is 0.0870. The molecule has 0 saturated heterocycles. The van der Waals surface area contributed by atoms with Gasteiger partial charge in [0.1, 0.15) is 11.5 Å². The molecule has 0 spiro atoms. The summed E-state index contributed by atoms with van der Waals surface area (Å²) in [4.78, 5) is 0. The highest BCUT2D eigenvalue weighted by Crippen LogP contribution is 2.46. The van der Waals surface area contributed by atoms with Gasteiger partial charge in [0.05, 0.1) is 0 Å². The van der Waals surface area contributed by atoms with Crippen LogP contribution >= 0.6 is 23.8 Å². The lowest BCUT2D eigenvalue weighted by Crippen LogP contribution is -2.15. The second-order valence-corrected chi connectivity index (χ2v) is 8.26. The van der Waals surface area contributed by atoms with Crippen LogP contribution in [0.1, 0.15) is 28.2 Å². The molecule has 3 aromatic carbocycles. The van der Waals surface area contributed by atoms with Crippen molar-refractivity contribution in [1.82, 2.24) is 0 Å². The van der Waals surface area contributed by atoms with Crippen LogP contribution in [-0.2, 0) is 16.8 Å². The number of hydrogen-bond acceptors (Lipinski definition) is 4. The van der Waals surface area contributed by atoms with Crippen molar-refractivity contribution in [2.75, 3.05) is 0 Å². The molecule has 1 heterocycles. The number of benzene rings is 3.